The normalized spacial score (nSPS) is 12.4. The fraction of sp³-hybridized carbons (Fsp3) is 0.143. The van der Waals surface area contributed by atoms with Crippen LogP contribution in [0.3, 0.4) is 0 Å². The van der Waals surface area contributed by atoms with Gasteiger partial charge in [-0.25, -0.2) is 0 Å². The molecule has 0 aromatic heterocycles. The molecule has 0 saturated carbocycles. The molecule has 0 aliphatic carbocycles. The summed E-state index contributed by atoms with van der Waals surface area (Å²) in [7, 11) is 0. The van der Waals surface area contributed by atoms with Crippen molar-refractivity contribution in [3.63, 3.8) is 0 Å². The average Bonchev–Trinajstić information content (AvgIpc) is 1.96. The lowest BCUT2D eigenvalue weighted by atomic mass is 10.1. The predicted octanol–water partition coefficient (Wildman–Crippen LogP) is -2.22. The molecule has 0 rings (SSSR count). The van der Waals surface area contributed by atoms with Crippen LogP contribution >= 0.6 is 0 Å². The van der Waals surface area contributed by atoms with E-state index in [2.05, 4.69) is 6.58 Å². The van der Waals surface area contributed by atoms with Crippen LogP contribution in [0, 0.1) is 0 Å². The van der Waals surface area contributed by atoms with Crippen molar-refractivity contribution in [2.45, 2.75) is 5.97 Å². The Labute approximate surface area is 73.6 Å². The Morgan fingerprint density at radius 2 is 1.77 bits per heavy atom. The van der Waals surface area contributed by atoms with Gasteiger partial charge in [-0.1, -0.05) is 6.58 Å². The monoisotopic (exact) mass is 187 g/mol. The second kappa shape index (κ2) is 3.94. The average molecular weight is 187 g/mol. The van der Waals surface area contributed by atoms with E-state index in [1.807, 2.05) is 0 Å². The molecule has 0 radical (unpaired) electrons. The molecule has 5 N–H and O–H groups in total. The largest absolute Gasteiger partial charge is 0.365 e. The third kappa shape index (κ3) is 4.16. The zero-order chi connectivity index (χ0) is 10.6. The third-order valence-electron chi connectivity index (χ3n) is 1.05. The summed E-state index contributed by atoms with van der Waals surface area (Å²) in [4.78, 5) is 21.3. The van der Waals surface area contributed by atoms with Crippen LogP contribution in [0.2, 0.25) is 0 Å². The first-order valence-electron chi connectivity index (χ1n) is 3.14. The fourth-order valence-corrected chi connectivity index (χ4v) is 0.567. The Balaban J connectivity index is 5.04. The smallest absolute Gasteiger partial charge is 0.298 e. The highest BCUT2D eigenvalue weighted by molar-refractivity contribution is 6.22. The van der Waals surface area contributed by atoms with Gasteiger partial charge in [0.25, 0.3) is 11.9 Å². The van der Waals surface area contributed by atoms with E-state index in [9.17, 15) is 9.59 Å². The van der Waals surface area contributed by atoms with Gasteiger partial charge in [-0.2, -0.15) is 0 Å². The van der Waals surface area contributed by atoms with Crippen LogP contribution in [0.15, 0.2) is 24.3 Å². The van der Waals surface area contributed by atoms with E-state index in [1.165, 1.54) is 0 Å². The highest BCUT2D eigenvalue weighted by Crippen LogP contribution is 2.04. The third-order valence-corrected chi connectivity index (χ3v) is 1.05. The molecule has 0 atom stereocenters. The molecule has 6 nitrogen and oxygen atoms in total. The van der Waals surface area contributed by atoms with Crippen LogP contribution in [0.5, 0.6) is 0 Å². The summed E-state index contributed by atoms with van der Waals surface area (Å²) in [6, 6.07) is 0. The van der Waals surface area contributed by atoms with Gasteiger partial charge in [-0.3, -0.25) is 9.59 Å². The molecule has 0 bridgehead atoms. The number of primary amides is 1. The maximum atomic E-state index is 10.8. The van der Waals surface area contributed by atoms with Crippen molar-refractivity contribution in [1.82, 2.24) is 0 Å². The van der Waals surface area contributed by atoms with Gasteiger partial charge in [0.2, 0.25) is 0 Å². The highest BCUT2D eigenvalue weighted by Gasteiger charge is 2.21. The summed E-state index contributed by atoms with van der Waals surface area (Å²) in [6.45, 7) is 3.05. The van der Waals surface area contributed by atoms with E-state index in [0.717, 1.165) is 6.08 Å². The first-order valence-corrected chi connectivity index (χ1v) is 3.14. The lowest BCUT2D eigenvalue weighted by Gasteiger charge is -2.09. The zero-order valence-corrected chi connectivity index (χ0v) is 6.60. The lowest BCUT2D eigenvalue weighted by Crippen LogP contribution is -2.29. The maximum Gasteiger partial charge on any atom is 0.298 e. The molecule has 0 aliphatic heterocycles. The molecular formula is C7H9NO5. The van der Waals surface area contributed by atoms with E-state index < -0.39 is 23.2 Å². The molecule has 0 spiro atoms. The van der Waals surface area contributed by atoms with Crippen LogP contribution in [0.25, 0.3) is 0 Å². The van der Waals surface area contributed by atoms with Gasteiger partial charge in [-0.15, -0.1) is 0 Å². The first kappa shape index (κ1) is 11.5. The molecule has 13 heavy (non-hydrogen) atoms. The summed E-state index contributed by atoms with van der Waals surface area (Å²) in [6.07, 6.45) is 0.974. The van der Waals surface area contributed by atoms with Crippen molar-refractivity contribution in [2.24, 2.45) is 5.73 Å². The van der Waals surface area contributed by atoms with Gasteiger partial charge in [0.1, 0.15) is 0 Å². The minimum absolute atomic E-state index is 0.222. The molecule has 6 heteroatoms. The number of ketones is 1. The molecule has 0 fully saturated rings. The van der Waals surface area contributed by atoms with Crippen molar-refractivity contribution in [1.29, 1.82) is 0 Å². The molecule has 0 heterocycles. The van der Waals surface area contributed by atoms with Gasteiger partial charge < -0.3 is 21.1 Å². The Morgan fingerprint density at radius 3 is 2.00 bits per heavy atom. The van der Waals surface area contributed by atoms with E-state index in [4.69, 9.17) is 21.1 Å². The van der Waals surface area contributed by atoms with E-state index in [-0.39, 0.29) is 6.08 Å². The SMILES string of the molecule is C=CC(=O)/C(=C/C(O)(O)O)C(N)=O. The topological polar surface area (TPSA) is 121 Å². The van der Waals surface area contributed by atoms with E-state index in [1.54, 1.807) is 0 Å². The summed E-state index contributed by atoms with van der Waals surface area (Å²) in [5, 5.41) is 25.3. The minimum atomic E-state index is -3.25. The van der Waals surface area contributed by atoms with Crippen LogP contribution in [0.1, 0.15) is 0 Å². The second-order valence-corrected chi connectivity index (χ2v) is 2.18. The Kier molecular flexibility index (Phi) is 3.49. The highest BCUT2D eigenvalue weighted by atomic mass is 16.7. The van der Waals surface area contributed by atoms with Gasteiger partial charge in [0.15, 0.2) is 5.78 Å². The first-order chi connectivity index (χ1) is 5.78. The van der Waals surface area contributed by atoms with Crippen molar-refractivity contribution in [3.8, 4) is 0 Å². The van der Waals surface area contributed by atoms with Crippen molar-refractivity contribution < 1.29 is 24.9 Å². The molecule has 0 unspecified atom stereocenters. The van der Waals surface area contributed by atoms with Gasteiger partial charge in [0, 0.05) is 6.08 Å². The van der Waals surface area contributed by atoms with Gasteiger partial charge >= 0.3 is 0 Å². The fourth-order valence-electron chi connectivity index (χ4n) is 0.567. The van der Waals surface area contributed by atoms with Crippen molar-refractivity contribution >= 4 is 11.7 Å². The summed E-state index contributed by atoms with van der Waals surface area (Å²) in [5.41, 5.74) is 3.96. The molecule has 0 aromatic rings. The number of hydrogen-bond acceptors (Lipinski definition) is 5. The van der Waals surface area contributed by atoms with Crippen LogP contribution in [-0.4, -0.2) is 33.0 Å². The standard InChI is InChI=1S/C7H9NO5/c1-2-5(9)4(6(8)10)3-7(11,12)13/h2-3,11-13H,1H2,(H2,8,10)/b4-3-. The summed E-state index contributed by atoms with van der Waals surface area (Å²) >= 11 is 0. The Hall–Kier alpha value is -1.50. The number of rotatable bonds is 4. The number of allylic oxidation sites excluding steroid dienone is 1. The zero-order valence-electron chi connectivity index (χ0n) is 6.60. The summed E-state index contributed by atoms with van der Waals surface area (Å²) < 4.78 is 0. The molecule has 0 aromatic carbocycles. The number of carbonyl (C=O) groups is 2. The number of hydrogen-bond donors (Lipinski definition) is 4. The number of nitrogens with two attached hydrogens (primary N) is 1. The molecule has 0 aliphatic rings. The van der Waals surface area contributed by atoms with Crippen LogP contribution < -0.4 is 5.73 Å². The van der Waals surface area contributed by atoms with Gasteiger partial charge in [0.05, 0.1) is 5.57 Å². The van der Waals surface area contributed by atoms with Crippen molar-refractivity contribution in [2.75, 3.05) is 0 Å². The quantitative estimate of drug-likeness (QED) is 0.172. The predicted molar refractivity (Wildman–Crippen MR) is 41.9 cm³/mol. The molecule has 72 valence electrons. The minimum Gasteiger partial charge on any atom is -0.365 e. The van der Waals surface area contributed by atoms with Crippen molar-refractivity contribution in [3.05, 3.63) is 24.3 Å². The molecular weight excluding hydrogens is 178 g/mol. The molecule has 1 amide bonds. The Bertz CT molecular complexity index is 273. The Morgan fingerprint density at radius 1 is 1.31 bits per heavy atom. The molecule has 0 saturated heterocycles. The summed E-state index contributed by atoms with van der Waals surface area (Å²) in [5.74, 6) is -5.34. The number of amides is 1. The maximum absolute atomic E-state index is 10.8. The number of carbonyl (C=O) groups excluding carboxylic acids is 2. The lowest BCUT2D eigenvalue weighted by molar-refractivity contribution is -0.273. The van der Waals surface area contributed by atoms with E-state index >= 15 is 0 Å². The van der Waals surface area contributed by atoms with E-state index in [0.29, 0.717) is 0 Å². The number of aliphatic hydroxyl groups is 3. The van der Waals surface area contributed by atoms with Gasteiger partial charge in [-0.05, 0) is 6.08 Å². The van der Waals surface area contributed by atoms with Crippen LogP contribution in [-0.2, 0) is 9.59 Å². The van der Waals surface area contributed by atoms with Crippen LogP contribution in [0.4, 0.5) is 0 Å². The second-order valence-electron chi connectivity index (χ2n) is 2.18.